The summed E-state index contributed by atoms with van der Waals surface area (Å²) in [6.45, 7) is 0.652. The summed E-state index contributed by atoms with van der Waals surface area (Å²) in [7, 11) is 0. The third kappa shape index (κ3) is 3.97. The Balaban J connectivity index is 1.61. The molecule has 1 N–H and O–H groups in total. The maximum absolute atomic E-state index is 12.2. The number of aromatic nitrogens is 2. The molecule has 0 unspecified atom stereocenters. The molecular formula is C17H20BrN3O. The number of anilines is 1. The first-order valence-corrected chi connectivity index (χ1v) is 8.56. The van der Waals surface area contributed by atoms with E-state index in [4.69, 9.17) is 0 Å². The van der Waals surface area contributed by atoms with Crippen LogP contribution in [0, 0.1) is 5.92 Å². The van der Waals surface area contributed by atoms with Crippen LogP contribution in [0.3, 0.4) is 0 Å². The van der Waals surface area contributed by atoms with Gasteiger partial charge >= 0.3 is 0 Å². The molecule has 1 fully saturated rings. The fraction of sp³-hybridized carbons (Fsp3) is 0.412. The predicted molar refractivity (Wildman–Crippen MR) is 90.7 cm³/mol. The topological polar surface area (TPSA) is 46.9 Å². The van der Waals surface area contributed by atoms with Crippen molar-refractivity contribution in [1.29, 1.82) is 0 Å². The summed E-state index contributed by atoms with van der Waals surface area (Å²) < 4.78 is 2.89. The summed E-state index contributed by atoms with van der Waals surface area (Å²) in [6, 6.07) is 9.98. The SMILES string of the molecule is O=C(CC1CCCC1)Nc1ccnn1Cc1ccc(Br)cc1. The van der Waals surface area contributed by atoms with Crippen molar-refractivity contribution in [2.75, 3.05) is 5.32 Å². The molecule has 1 aliphatic carbocycles. The quantitative estimate of drug-likeness (QED) is 0.866. The van der Waals surface area contributed by atoms with Crippen molar-refractivity contribution >= 4 is 27.7 Å². The van der Waals surface area contributed by atoms with Gasteiger partial charge in [-0.2, -0.15) is 5.10 Å². The molecule has 2 aromatic rings. The molecule has 0 aliphatic heterocycles. The molecule has 1 aliphatic rings. The van der Waals surface area contributed by atoms with Gasteiger partial charge in [0.2, 0.25) is 5.91 Å². The number of hydrogen-bond donors (Lipinski definition) is 1. The van der Waals surface area contributed by atoms with Gasteiger partial charge in [0, 0.05) is 17.0 Å². The van der Waals surface area contributed by atoms with E-state index in [1.54, 1.807) is 6.20 Å². The highest BCUT2D eigenvalue weighted by molar-refractivity contribution is 9.10. The highest BCUT2D eigenvalue weighted by Gasteiger charge is 2.19. The van der Waals surface area contributed by atoms with Crippen molar-refractivity contribution in [3.8, 4) is 0 Å². The zero-order valence-electron chi connectivity index (χ0n) is 12.5. The van der Waals surface area contributed by atoms with Gasteiger partial charge < -0.3 is 5.32 Å². The van der Waals surface area contributed by atoms with Gasteiger partial charge in [0.1, 0.15) is 5.82 Å². The van der Waals surface area contributed by atoms with Gasteiger partial charge in [-0.15, -0.1) is 0 Å². The third-order valence-corrected chi connectivity index (χ3v) is 4.71. The van der Waals surface area contributed by atoms with E-state index >= 15 is 0 Å². The second kappa shape index (κ2) is 7.09. The highest BCUT2D eigenvalue weighted by atomic mass is 79.9. The van der Waals surface area contributed by atoms with Crippen molar-refractivity contribution in [1.82, 2.24) is 9.78 Å². The molecule has 22 heavy (non-hydrogen) atoms. The first-order valence-electron chi connectivity index (χ1n) is 7.77. The Kier molecular flexibility index (Phi) is 4.93. The maximum Gasteiger partial charge on any atom is 0.225 e. The van der Waals surface area contributed by atoms with Gasteiger partial charge in [-0.1, -0.05) is 40.9 Å². The van der Waals surface area contributed by atoms with E-state index in [0.29, 0.717) is 18.9 Å². The van der Waals surface area contributed by atoms with E-state index in [2.05, 4.69) is 38.5 Å². The molecule has 4 nitrogen and oxygen atoms in total. The number of benzene rings is 1. The summed E-state index contributed by atoms with van der Waals surface area (Å²) in [6.07, 6.45) is 7.25. The third-order valence-electron chi connectivity index (χ3n) is 4.18. The molecule has 3 rings (SSSR count). The van der Waals surface area contributed by atoms with Crippen LogP contribution in [-0.4, -0.2) is 15.7 Å². The number of nitrogens with one attached hydrogen (secondary N) is 1. The van der Waals surface area contributed by atoms with Crippen LogP contribution in [0.15, 0.2) is 41.0 Å². The zero-order valence-corrected chi connectivity index (χ0v) is 14.1. The fourth-order valence-corrected chi connectivity index (χ4v) is 3.26. The smallest absolute Gasteiger partial charge is 0.225 e. The van der Waals surface area contributed by atoms with Gasteiger partial charge in [-0.25, -0.2) is 4.68 Å². The van der Waals surface area contributed by atoms with Gasteiger partial charge in [0.05, 0.1) is 12.7 Å². The van der Waals surface area contributed by atoms with Gasteiger partial charge in [-0.05, 0) is 36.5 Å². The monoisotopic (exact) mass is 361 g/mol. The van der Waals surface area contributed by atoms with Crippen molar-refractivity contribution in [2.24, 2.45) is 5.92 Å². The van der Waals surface area contributed by atoms with Crippen LogP contribution in [0.4, 0.5) is 5.82 Å². The van der Waals surface area contributed by atoms with Crippen LogP contribution in [0.5, 0.6) is 0 Å². The highest BCUT2D eigenvalue weighted by Crippen LogP contribution is 2.27. The lowest BCUT2D eigenvalue weighted by molar-refractivity contribution is -0.117. The van der Waals surface area contributed by atoms with Crippen molar-refractivity contribution in [3.05, 3.63) is 46.6 Å². The van der Waals surface area contributed by atoms with E-state index < -0.39 is 0 Å². The lowest BCUT2D eigenvalue weighted by Gasteiger charge is -2.11. The van der Waals surface area contributed by atoms with Crippen LogP contribution in [0.2, 0.25) is 0 Å². The van der Waals surface area contributed by atoms with Gasteiger partial charge in [0.15, 0.2) is 0 Å². The van der Waals surface area contributed by atoms with Crippen molar-refractivity contribution in [3.63, 3.8) is 0 Å². The number of carbonyl (C=O) groups is 1. The van der Waals surface area contributed by atoms with Crippen molar-refractivity contribution in [2.45, 2.75) is 38.6 Å². The lowest BCUT2D eigenvalue weighted by atomic mass is 10.0. The number of amides is 1. The van der Waals surface area contributed by atoms with E-state index in [1.165, 1.54) is 25.7 Å². The minimum atomic E-state index is 0.101. The van der Waals surface area contributed by atoms with E-state index in [-0.39, 0.29) is 5.91 Å². The minimum Gasteiger partial charge on any atom is -0.311 e. The number of halogens is 1. The number of rotatable bonds is 5. The Hall–Kier alpha value is -1.62. The molecule has 5 heteroatoms. The predicted octanol–water partition coefficient (Wildman–Crippen LogP) is 4.21. The molecule has 1 amide bonds. The molecule has 0 bridgehead atoms. The molecule has 116 valence electrons. The largest absolute Gasteiger partial charge is 0.311 e. The van der Waals surface area contributed by atoms with Crippen LogP contribution in [0.25, 0.3) is 0 Å². The Labute approximate surface area is 139 Å². The second-order valence-electron chi connectivity index (χ2n) is 5.90. The first kappa shape index (κ1) is 15.3. The summed E-state index contributed by atoms with van der Waals surface area (Å²) >= 11 is 3.43. The summed E-state index contributed by atoms with van der Waals surface area (Å²) in [5.41, 5.74) is 1.15. The van der Waals surface area contributed by atoms with Crippen molar-refractivity contribution < 1.29 is 4.79 Å². The van der Waals surface area contributed by atoms with Crippen LogP contribution in [0.1, 0.15) is 37.7 Å². The number of nitrogens with zero attached hydrogens (tertiary/aromatic N) is 2. The molecule has 0 atom stereocenters. The van der Waals surface area contributed by atoms with Gasteiger partial charge in [0.25, 0.3) is 0 Å². The molecule has 1 heterocycles. The average molecular weight is 362 g/mol. The van der Waals surface area contributed by atoms with E-state index in [1.807, 2.05) is 22.9 Å². The molecule has 1 saturated carbocycles. The number of carbonyl (C=O) groups excluding carboxylic acids is 1. The molecule has 0 spiro atoms. The molecule has 1 aromatic heterocycles. The summed E-state index contributed by atoms with van der Waals surface area (Å²) in [5.74, 6) is 1.43. The van der Waals surface area contributed by atoms with E-state index in [0.717, 1.165) is 15.9 Å². The first-order chi connectivity index (χ1) is 10.7. The summed E-state index contributed by atoms with van der Waals surface area (Å²) in [5, 5.41) is 7.31. The molecule has 1 aromatic carbocycles. The van der Waals surface area contributed by atoms with Crippen LogP contribution < -0.4 is 5.32 Å². The summed E-state index contributed by atoms with van der Waals surface area (Å²) in [4.78, 5) is 12.2. The molecule has 0 saturated heterocycles. The number of hydrogen-bond acceptors (Lipinski definition) is 2. The second-order valence-corrected chi connectivity index (χ2v) is 6.82. The maximum atomic E-state index is 12.2. The molecular weight excluding hydrogens is 342 g/mol. The normalized spacial score (nSPS) is 15.1. The Morgan fingerprint density at radius 3 is 2.68 bits per heavy atom. The standard InChI is InChI=1S/C17H20BrN3O/c18-15-7-5-14(6-8-15)12-21-16(9-10-19-21)20-17(22)11-13-3-1-2-4-13/h5-10,13H,1-4,11-12H2,(H,20,22). The Morgan fingerprint density at radius 1 is 1.23 bits per heavy atom. The fourth-order valence-electron chi connectivity index (χ4n) is 3.00. The minimum absolute atomic E-state index is 0.101. The van der Waals surface area contributed by atoms with Crippen LogP contribution >= 0.6 is 15.9 Å². The van der Waals surface area contributed by atoms with Crippen LogP contribution in [-0.2, 0) is 11.3 Å². The molecule has 0 radical (unpaired) electrons. The van der Waals surface area contributed by atoms with E-state index in [9.17, 15) is 4.79 Å². The average Bonchev–Trinajstić information content (AvgIpc) is 3.14. The van der Waals surface area contributed by atoms with Gasteiger partial charge in [-0.3, -0.25) is 4.79 Å². The Bertz CT molecular complexity index is 630. The lowest BCUT2D eigenvalue weighted by Crippen LogP contribution is -2.18. The Morgan fingerprint density at radius 2 is 1.95 bits per heavy atom. The zero-order chi connectivity index (χ0) is 15.4.